The molecule has 1 heterocycles. The Morgan fingerprint density at radius 3 is 2.86 bits per heavy atom. The molecule has 0 atom stereocenters. The highest BCUT2D eigenvalue weighted by Crippen LogP contribution is 2.24. The molecule has 0 fully saturated rings. The molecule has 0 amide bonds. The largest absolute Gasteiger partial charge is 0.494 e. The van der Waals surface area contributed by atoms with Gasteiger partial charge in [0, 0.05) is 11.6 Å². The van der Waals surface area contributed by atoms with Crippen LogP contribution in [0.2, 0.25) is 0 Å². The molecule has 0 unspecified atom stereocenters. The fourth-order valence-electron chi connectivity index (χ4n) is 2.03. The molecule has 0 saturated heterocycles. The maximum Gasteiger partial charge on any atom is 0.212 e. The van der Waals surface area contributed by atoms with Crippen molar-refractivity contribution in [2.45, 2.75) is 33.2 Å². The quantitative estimate of drug-likeness (QED) is 0.731. The Morgan fingerprint density at radius 2 is 2.19 bits per heavy atom. The van der Waals surface area contributed by atoms with Crippen LogP contribution >= 0.6 is 15.9 Å². The van der Waals surface area contributed by atoms with Crippen molar-refractivity contribution < 1.29 is 9.53 Å². The summed E-state index contributed by atoms with van der Waals surface area (Å²) in [5.41, 5.74) is 1.17. The molecular formula is C16H19BrN2O2. The van der Waals surface area contributed by atoms with Gasteiger partial charge in [0.15, 0.2) is 0 Å². The Morgan fingerprint density at radius 1 is 1.43 bits per heavy atom. The molecule has 0 bridgehead atoms. The van der Waals surface area contributed by atoms with Gasteiger partial charge in [-0.1, -0.05) is 19.1 Å². The molecule has 0 spiro atoms. The van der Waals surface area contributed by atoms with Crippen LogP contribution in [0, 0.1) is 0 Å². The highest BCUT2D eigenvalue weighted by atomic mass is 79.9. The lowest BCUT2D eigenvalue weighted by molar-refractivity contribution is 0.102. The van der Waals surface area contributed by atoms with Gasteiger partial charge in [0.25, 0.3) is 0 Å². The summed E-state index contributed by atoms with van der Waals surface area (Å²) in [6.45, 7) is 6.69. The zero-order chi connectivity index (χ0) is 15.4. The number of rotatable bonds is 6. The van der Waals surface area contributed by atoms with Gasteiger partial charge in [-0.2, -0.15) is 5.10 Å². The third-order valence-corrected chi connectivity index (χ3v) is 3.60. The van der Waals surface area contributed by atoms with Crippen LogP contribution in [0.4, 0.5) is 0 Å². The fourth-order valence-corrected chi connectivity index (χ4v) is 2.48. The zero-order valence-corrected chi connectivity index (χ0v) is 14.1. The van der Waals surface area contributed by atoms with E-state index in [4.69, 9.17) is 4.74 Å². The van der Waals surface area contributed by atoms with Crippen molar-refractivity contribution >= 4 is 21.7 Å². The lowest BCUT2D eigenvalue weighted by atomic mass is 10.1. The van der Waals surface area contributed by atoms with E-state index in [-0.39, 0.29) is 11.8 Å². The van der Waals surface area contributed by atoms with E-state index in [1.54, 1.807) is 23.0 Å². The van der Waals surface area contributed by atoms with E-state index in [0.717, 1.165) is 12.2 Å². The second-order valence-electron chi connectivity index (χ2n) is 5.08. The van der Waals surface area contributed by atoms with E-state index >= 15 is 0 Å². The molecule has 0 aliphatic heterocycles. The third kappa shape index (κ3) is 3.53. The van der Waals surface area contributed by atoms with Crippen LogP contribution in [0.15, 0.2) is 34.9 Å². The molecule has 0 radical (unpaired) electrons. The van der Waals surface area contributed by atoms with Crippen molar-refractivity contribution in [3.63, 3.8) is 0 Å². The number of carbonyl (C=O) groups excluding carboxylic acids is 1. The van der Waals surface area contributed by atoms with Crippen molar-refractivity contribution in [1.82, 2.24) is 9.78 Å². The van der Waals surface area contributed by atoms with E-state index in [2.05, 4.69) is 21.0 Å². The van der Waals surface area contributed by atoms with Gasteiger partial charge in [0.2, 0.25) is 5.78 Å². The van der Waals surface area contributed by atoms with E-state index < -0.39 is 0 Å². The van der Waals surface area contributed by atoms with Crippen LogP contribution in [-0.4, -0.2) is 22.2 Å². The van der Waals surface area contributed by atoms with Gasteiger partial charge < -0.3 is 4.74 Å². The second-order valence-corrected chi connectivity index (χ2v) is 5.94. The van der Waals surface area contributed by atoms with E-state index in [1.807, 2.05) is 32.9 Å². The lowest BCUT2D eigenvalue weighted by Crippen LogP contribution is -2.14. The Balaban J connectivity index is 2.34. The molecule has 112 valence electrons. The first-order valence-corrected chi connectivity index (χ1v) is 7.84. The number of hydrogen-bond donors (Lipinski definition) is 0. The van der Waals surface area contributed by atoms with Crippen LogP contribution in [0.5, 0.6) is 5.75 Å². The maximum absolute atomic E-state index is 12.7. The first kappa shape index (κ1) is 15.8. The molecule has 1 aromatic heterocycles. The topological polar surface area (TPSA) is 44.1 Å². The average molecular weight is 351 g/mol. The number of nitrogens with zero attached hydrogens (tertiary/aromatic N) is 2. The standard InChI is InChI=1S/C16H19BrN2O2/c1-4-8-21-13-7-5-6-12(9-13)16(20)15-14(17)10-18-19(15)11(2)3/h5-7,9-11H,4,8H2,1-3H3. The number of carbonyl (C=O) groups is 1. The summed E-state index contributed by atoms with van der Waals surface area (Å²) in [7, 11) is 0. The molecule has 2 rings (SSSR count). The van der Waals surface area contributed by atoms with Crippen LogP contribution in [0.3, 0.4) is 0 Å². The highest BCUT2D eigenvalue weighted by molar-refractivity contribution is 9.10. The Labute approximate surface area is 133 Å². The summed E-state index contributed by atoms with van der Waals surface area (Å²) in [5.74, 6) is 0.657. The molecule has 5 heteroatoms. The first-order valence-electron chi connectivity index (χ1n) is 7.05. The van der Waals surface area contributed by atoms with Crippen LogP contribution in [-0.2, 0) is 0 Å². The molecular weight excluding hydrogens is 332 g/mol. The van der Waals surface area contributed by atoms with Gasteiger partial charge in [-0.3, -0.25) is 9.48 Å². The number of ketones is 1. The highest BCUT2D eigenvalue weighted by Gasteiger charge is 2.20. The molecule has 0 aliphatic carbocycles. The number of ether oxygens (including phenoxy) is 1. The van der Waals surface area contributed by atoms with Crippen LogP contribution in [0.25, 0.3) is 0 Å². The Bertz CT molecular complexity index is 635. The first-order chi connectivity index (χ1) is 10.0. The van der Waals surface area contributed by atoms with Crippen molar-refractivity contribution in [2.75, 3.05) is 6.61 Å². The smallest absolute Gasteiger partial charge is 0.212 e. The summed E-state index contributed by atoms with van der Waals surface area (Å²) in [5, 5.41) is 4.25. The number of hydrogen-bond acceptors (Lipinski definition) is 3. The van der Waals surface area contributed by atoms with E-state index in [1.165, 1.54) is 0 Å². The lowest BCUT2D eigenvalue weighted by Gasteiger charge is -2.11. The SMILES string of the molecule is CCCOc1cccc(C(=O)c2c(Br)cnn2C(C)C)c1. The Hall–Kier alpha value is -1.62. The summed E-state index contributed by atoms with van der Waals surface area (Å²) in [6, 6.07) is 7.39. The molecule has 21 heavy (non-hydrogen) atoms. The molecule has 0 aliphatic rings. The molecule has 0 N–H and O–H groups in total. The maximum atomic E-state index is 12.7. The van der Waals surface area contributed by atoms with Crippen molar-refractivity contribution in [2.24, 2.45) is 0 Å². The summed E-state index contributed by atoms with van der Waals surface area (Å²) < 4.78 is 8.02. The number of benzene rings is 1. The van der Waals surface area contributed by atoms with Crippen molar-refractivity contribution in [3.8, 4) is 5.75 Å². The average Bonchev–Trinajstić information content (AvgIpc) is 2.86. The minimum absolute atomic E-state index is 0.0602. The van der Waals surface area contributed by atoms with Crippen LogP contribution < -0.4 is 4.74 Å². The predicted molar refractivity (Wildman–Crippen MR) is 86.0 cm³/mol. The van der Waals surface area contributed by atoms with Gasteiger partial charge in [0.05, 0.1) is 17.3 Å². The molecule has 4 nitrogen and oxygen atoms in total. The second kappa shape index (κ2) is 6.89. The molecule has 1 aromatic carbocycles. The van der Waals surface area contributed by atoms with Crippen molar-refractivity contribution in [1.29, 1.82) is 0 Å². The Kier molecular flexibility index (Phi) is 5.17. The van der Waals surface area contributed by atoms with Crippen LogP contribution in [0.1, 0.15) is 49.3 Å². The van der Waals surface area contributed by atoms with E-state index in [9.17, 15) is 4.79 Å². The van der Waals surface area contributed by atoms with Gasteiger partial charge in [-0.25, -0.2) is 0 Å². The number of halogens is 1. The van der Waals surface area contributed by atoms with Crippen molar-refractivity contribution in [3.05, 3.63) is 46.2 Å². The predicted octanol–water partition coefficient (Wildman–Crippen LogP) is 4.25. The fraction of sp³-hybridized carbons (Fsp3) is 0.375. The van der Waals surface area contributed by atoms with Gasteiger partial charge in [-0.05, 0) is 48.3 Å². The number of aromatic nitrogens is 2. The summed E-state index contributed by atoms with van der Waals surface area (Å²) in [6.07, 6.45) is 2.59. The minimum atomic E-state index is -0.0602. The molecule has 2 aromatic rings. The molecule has 0 saturated carbocycles. The third-order valence-electron chi connectivity index (χ3n) is 3.02. The van der Waals surface area contributed by atoms with Gasteiger partial charge in [0.1, 0.15) is 11.4 Å². The summed E-state index contributed by atoms with van der Waals surface area (Å²) in [4.78, 5) is 12.7. The zero-order valence-electron chi connectivity index (χ0n) is 12.5. The normalized spacial score (nSPS) is 10.9. The van der Waals surface area contributed by atoms with E-state index in [0.29, 0.717) is 22.3 Å². The minimum Gasteiger partial charge on any atom is -0.494 e. The van der Waals surface area contributed by atoms with Gasteiger partial charge in [-0.15, -0.1) is 0 Å². The van der Waals surface area contributed by atoms with Gasteiger partial charge >= 0.3 is 0 Å². The summed E-state index contributed by atoms with van der Waals surface area (Å²) >= 11 is 3.41. The monoisotopic (exact) mass is 350 g/mol.